The second-order valence-electron chi connectivity index (χ2n) is 5.37. The van der Waals surface area contributed by atoms with E-state index in [1.54, 1.807) is 0 Å². The van der Waals surface area contributed by atoms with Crippen LogP contribution in [0.4, 0.5) is 0 Å². The molecule has 1 saturated carbocycles. The number of rotatable bonds is 5. The second kappa shape index (κ2) is 6.17. The molecule has 0 aromatic carbocycles. The maximum Gasteiger partial charge on any atom is 0.287 e. The fraction of sp³-hybridized carbons (Fsp3) is 0.615. The van der Waals surface area contributed by atoms with Gasteiger partial charge in [-0.2, -0.15) is 0 Å². The van der Waals surface area contributed by atoms with Crippen LogP contribution in [0.25, 0.3) is 0 Å². The number of sulfonamides is 1. The van der Waals surface area contributed by atoms with E-state index in [-0.39, 0.29) is 22.9 Å². The van der Waals surface area contributed by atoms with Crippen molar-refractivity contribution in [1.82, 2.24) is 9.62 Å². The lowest BCUT2D eigenvalue weighted by Crippen LogP contribution is -2.32. The molecule has 0 saturated heterocycles. The Hall–Kier alpha value is -1.38. The van der Waals surface area contributed by atoms with Crippen molar-refractivity contribution >= 4 is 15.9 Å². The predicted octanol–water partition coefficient (Wildman–Crippen LogP) is 0.421. The van der Waals surface area contributed by atoms with E-state index in [1.165, 1.54) is 26.2 Å². The first-order chi connectivity index (χ1) is 9.82. The number of aliphatic hydroxyl groups excluding tert-OH is 1. The SMILES string of the molecule is CN(C)S(=O)(=O)c1ccc(C(=O)NCC2CCCC2O)o1. The minimum Gasteiger partial charge on any atom is -0.438 e. The zero-order chi connectivity index (χ0) is 15.6. The zero-order valence-corrected chi connectivity index (χ0v) is 12.9. The summed E-state index contributed by atoms with van der Waals surface area (Å²) in [5.41, 5.74) is 0. The van der Waals surface area contributed by atoms with Gasteiger partial charge in [-0.1, -0.05) is 6.42 Å². The highest BCUT2D eigenvalue weighted by Crippen LogP contribution is 2.24. The van der Waals surface area contributed by atoms with Crippen molar-refractivity contribution in [3.05, 3.63) is 17.9 Å². The van der Waals surface area contributed by atoms with Gasteiger partial charge in [0, 0.05) is 26.6 Å². The molecular weight excluding hydrogens is 296 g/mol. The fourth-order valence-electron chi connectivity index (χ4n) is 2.33. The van der Waals surface area contributed by atoms with Crippen molar-refractivity contribution in [2.75, 3.05) is 20.6 Å². The molecule has 8 heteroatoms. The summed E-state index contributed by atoms with van der Waals surface area (Å²) in [5, 5.41) is 12.1. The number of nitrogens with zero attached hydrogens (tertiary/aromatic N) is 1. The number of nitrogens with one attached hydrogen (secondary N) is 1. The van der Waals surface area contributed by atoms with Crippen molar-refractivity contribution in [3.63, 3.8) is 0 Å². The van der Waals surface area contributed by atoms with Crippen LogP contribution in [0.3, 0.4) is 0 Å². The summed E-state index contributed by atoms with van der Waals surface area (Å²) in [6.45, 7) is 0.358. The average molecular weight is 316 g/mol. The molecule has 1 amide bonds. The van der Waals surface area contributed by atoms with E-state index < -0.39 is 15.9 Å². The van der Waals surface area contributed by atoms with Crippen molar-refractivity contribution in [2.24, 2.45) is 5.92 Å². The fourth-order valence-corrected chi connectivity index (χ4v) is 3.12. The monoisotopic (exact) mass is 316 g/mol. The van der Waals surface area contributed by atoms with Crippen LogP contribution < -0.4 is 5.32 Å². The Kier molecular flexibility index (Phi) is 4.70. The number of hydrogen-bond acceptors (Lipinski definition) is 5. The summed E-state index contributed by atoms with van der Waals surface area (Å²) in [6.07, 6.45) is 2.20. The first-order valence-corrected chi connectivity index (χ1v) is 8.25. The molecule has 1 fully saturated rings. The molecule has 118 valence electrons. The van der Waals surface area contributed by atoms with Crippen LogP contribution in [0.15, 0.2) is 21.6 Å². The summed E-state index contributed by atoms with van der Waals surface area (Å²) < 4.78 is 29.8. The number of amides is 1. The number of furan rings is 1. The Balaban J connectivity index is 1.99. The topological polar surface area (TPSA) is 99.9 Å². The molecule has 1 aliphatic rings. The first-order valence-electron chi connectivity index (χ1n) is 6.81. The average Bonchev–Trinajstić information content (AvgIpc) is 3.05. The predicted molar refractivity (Wildman–Crippen MR) is 75.3 cm³/mol. The quantitative estimate of drug-likeness (QED) is 0.820. The van der Waals surface area contributed by atoms with E-state index >= 15 is 0 Å². The highest BCUT2D eigenvalue weighted by atomic mass is 32.2. The van der Waals surface area contributed by atoms with E-state index in [2.05, 4.69) is 5.32 Å². The summed E-state index contributed by atoms with van der Waals surface area (Å²) in [4.78, 5) is 11.9. The van der Waals surface area contributed by atoms with Gasteiger partial charge in [-0.25, -0.2) is 12.7 Å². The molecule has 0 radical (unpaired) electrons. The standard InChI is InChI=1S/C13H20N2O5S/c1-15(2)21(18,19)12-7-6-11(20-12)13(17)14-8-9-4-3-5-10(9)16/h6-7,9-10,16H,3-5,8H2,1-2H3,(H,14,17). The minimum absolute atomic E-state index is 0.0499. The Bertz CT molecular complexity index is 608. The van der Waals surface area contributed by atoms with Crippen LogP contribution in [-0.4, -0.2) is 50.5 Å². The lowest BCUT2D eigenvalue weighted by Gasteiger charge is -2.14. The molecule has 0 bridgehead atoms. The smallest absolute Gasteiger partial charge is 0.287 e. The van der Waals surface area contributed by atoms with Gasteiger partial charge in [-0.15, -0.1) is 0 Å². The Labute approximate surface area is 124 Å². The van der Waals surface area contributed by atoms with Crippen LogP contribution in [0.2, 0.25) is 0 Å². The zero-order valence-electron chi connectivity index (χ0n) is 12.1. The van der Waals surface area contributed by atoms with Gasteiger partial charge < -0.3 is 14.8 Å². The molecule has 1 heterocycles. The van der Waals surface area contributed by atoms with E-state index in [9.17, 15) is 18.3 Å². The Morgan fingerprint density at radius 3 is 2.71 bits per heavy atom. The van der Waals surface area contributed by atoms with Gasteiger partial charge in [0.1, 0.15) is 0 Å². The van der Waals surface area contributed by atoms with Gasteiger partial charge in [0.2, 0.25) is 5.09 Å². The second-order valence-corrected chi connectivity index (χ2v) is 7.46. The van der Waals surface area contributed by atoms with E-state index in [1.807, 2.05) is 0 Å². The molecule has 1 aromatic heterocycles. The van der Waals surface area contributed by atoms with Crippen LogP contribution in [0.1, 0.15) is 29.8 Å². The molecule has 0 spiro atoms. The molecule has 2 atom stereocenters. The number of carbonyl (C=O) groups is 1. The highest BCUT2D eigenvalue weighted by molar-refractivity contribution is 7.88. The lowest BCUT2D eigenvalue weighted by molar-refractivity contribution is 0.0885. The third-order valence-corrected chi connectivity index (χ3v) is 5.37. The first kappa shape index (κ1) is 16.0. The molecule has 2 N–H and O–H groups in total. The molecule has 1 aliphatic carbocycles. The summed E-state index contributed by atoms with van der Waals surface area (Å²) in [7, 11) is -0.906. The number of hydrogen-bond donors (Lipinski definition) is 2. The molecule has 0 aliphatic heterocycles. The van der Waals surface area contributed by atoms with Crippen LogP contribution in [0, 0.1) is 5.92 Å². The normalized spacial score (nSPS) is 22.7. The van der Waals surface area contributed by atoms with E-state index in [4.69, 9.17) is 4.42 Å². The minimum atomic E-state index is -3.68. The maximum atomic E-state index is 11.9. The van der Waals surface area contributed by atoms with Crippen molar-refractivity contribution in [1.29, 1.82) is 0 Å². The third kappa shape index (κ3) is 3.45. The van der Waals surface area contributed by atoms with Gasteiger partial charge >= 0.3 is 0 Å². The number of aliphatic hydroxyl groups is 1. The van der Waals surface area contributed by atoms with Crippen molar-refractivity contribution < 1.29 is 22.7 Å². The summed E-state index contributed by atoms with van der Waals surface area (Å²) in [6, 6.07) is 2.59. The highest BCUT2D eigenvalue weighted by Gasteiger charge is 2.27. The Morgan fingerprint density at radius 1 is 1.43 bits per heavy atom. The summed E-state index contributed by atoms with van der Waals surface area (Å²) in [5.74, 6) is -0.480. The molecular formula is C13H20N2O5S. The molecule has 2 unspecified atom stereocenters. The molecule has 7 nitrogen and oxygen atoms in total. The maximum absolute atomic E-state index is 11.9. The lowest BCUT2D eigenvalue weighted by atomic mass is 10.1. The van der Waals surface area contributed by atoms with Crippen LogP contribution >= 0.6 is 0 Å². The van der Waals surface area contributed by atoms with E-state index in [0.29, 0.717) is 6.54 Å². The molecule has 2 rings (SSSR count). The van der Waals surface area contributed by atoms with Crippen molar-refractivity contribution in [2.45, 2.75) is 30.5 Å². The van der Waals surface area contributed by atoms with Gasteiger partial charge in [-0.3, -0.25) is 4.79 Å². The molecule has 1 aromatic rings. The summed E-state index contributed by atoms with van der Waals surface area (Å²) >= 11 is 0. The van der Waals surface area contributed by atoms with Gasteiger partial charge in [-0.05, 0) is 25.0 Å². The largest absolute Gasteiger partial charge is 0.438 e. The Morgan fingerprint density at radius 2 is 2.14 bits per heavy atom. The van der Waals surface area contributed by atoms with Gasteiger partial charge in [0.25, 0.3) is 15.9 Å². The van der Waals surface area contributed by atoms with Gasteiger partial charge in [0.15, 0.2) is 5.76 Å². The molecule has 21 heavy (non-hydrogen) atoms. The number of carbonyl (C=O) groups excluding carboxylic acids is 1. The van der Waals surface area contributed by atoms with Crippen LogP contribution in [0.5, 0.6) is 0 Å². The van der Waals surface area contributed by atoms with Crippen LogP contribution in [-0.2, 0) is 10.0 Å². The van der Waals surface area contributed by atoms with E-state index in [0.717, 1.165) is 23.6 Å². The third-order valence-electron chi connectivity index (χ3n) is 3.68. The van der Waals surface area contributed by atoms with Crippen molar-refractivity contribution in [3.8, 4) is 0 Å². The van der Waals surface area contributed by atoms with Gasteiger partial charge in [0.05, 0.1) is 6.10 Å².